The van der Waals surface area contributed by atoms with Crippen molar-refractivity contribution in [3.8, 4) is 10.7 Å². The third-order valence-electron chi connectivity index (χ3n) is 2.79. The Hall–Kier alpha value is -1.19. The Morgan fingerprint density at radius 3 is 2.90 bits per heavy atom. The molecule has 2 unspecified atom stereocenters. The molecule has 0 aromatic carbocycles. The van der Waals surface area contributed by atoms with Gasteiger partial charge in [-0.05, 0) is 18.4 Å². The molecular weight excluding hydrogens is 330 g/mol. The summed E-state index contributed by atoms with van der Waals surface area (Å²) >= 11 is 2.66. The summed E-state index contributed by atoms with van der Waals surface area (Å²) in [5.41, 5.74) is 0. The van der Waals surface area contributed by atoms with Crippen molar-refractivity contribution in [2.75, 3.05) is 12.0 Å². The van der Waals surface area contributed by atoms with E-state index >= 15 is 0 Å². The number of hydrogen-bond acceptors (Lipinski definition) is 6. The van der Waals surface area contributed by atoms with Crippen LogP contribution in [0.15, 0.2) is 22.7 Å². The molecule has 2 atom stereocenters. The van der Waals surface area contributed by atoms with Crippen LogP contribution in [-0.4, -0.2) is 47.3 Å². The molecule has 21 heavy (non-hydrogen) atoms. The molecule has 0 bridgehead atoms. The van der Waals surface area contributed by atoms with Gasteiger partial charge in [-0.2, -0.15) is 0 Å². The maximum atomic E-state index is 11.6. The number of hydrogen-bond donors (Lipinski definition) is 1. The molecule has 0 amide bonds. The molecule has 0 saturated carbocycles. The van der Waals surface area contributed by atoms with E-state index < -0.39 is 16.8 Å². The lowest BCUT2D eigenvalue weighted by atomic mass is 10.4. The molecule has 2 aromatic rings. The summed E-state index contributed by atoms with van der Waals surface area (Å²) < 4.78 is 13.5. The molecule has 0 radical (unpaired) electrons. The maximum absolute atomic E-state index is 11.6. The van der Waals surface area contributed by atoms with Gasteiger partial charge in [-0.3, -0.25) is 9.00 Å². The molecule has 1 N–H and O–H groups in total. The summed E-state index contributed by atoms with van der Waals surface area (Å²) in [6.45, 7) is 2.38. The van der Waals surface area contributed by atoms with Crippen molar-refractivity contribution in [2.24, 2.45) is 0 Å². The third-order valence-corrected chi connectivity index (χ3v) is 5.89. The second-order valence-electron chi connectivity index (χ2n) is 4.39. The van der Waals surface area contributed by atoms with Crippen LogP contribution in [0.3, 0.4) is 0 Å². The van der Waals surface area contributed by atoms with Crippen LogP contribution in [0.25, 0.3) is 10.7 Å². The van der Waals surface area contributed by atoms with Gasteiger partial charge in [-0.15, -0.1) is 21.5 Å². The molecule has 2 heterocycles. The molecule has 6 nitrogen and oxygen atoms in total. The number of aliphatic carboxylic acids is 1. The van der Waals surface area contributed by atoms with Gasteiger partial charge in [0.2, 0.25) is 0 Å². The zero-order valence-corrected chi connectivity index (χ0v) is 14.0. The van der Waals surface area contributed by atoms with E-state index in [0.29, 0.717) is 17.5 Å². The fraction of sp³-hybridized carbons (Fsp3) is 0.417. The van der Waals surface area contributed by atoms with Crippen LogP contribution in [0.1, 0.15) is 6.92 Å². The molecule has 2 aromatic heterocycles. The standard InChI is InChI=1S/C12H15N3O3S3/c1-8(21(2)18)6-15-11(9-4-3-5-19-9)13-14-12(15)20-7-10(16)17/h3-5,8H,6-7H2,1-2H3,(H,16,17). The lowest BCUT2D eigenvalue weighted by Crippen LogP contribution is -2.19. The van der Waals surface area contributed by atoms with Crippen molar-refractivity contribution in [1.82, 2.24) is 14.8 Å². The van der Waals surface area contributed by atoms with E-state index in [-0.39, 0.29) is 11.0 Å². The highest BCUT2D eigenvalue weighted by atomic mass is 32.2. The fourth-order valence-electron chi connectivity index (χ4n) is 1.64. The number of thiophene rings is 1. The molecule has 0 aliphatic heterocycles. The van der Waals surface area contributed by atoms with Crippen molar-refractivity contribution in [3.63, 3.8) is 0 Å². The van der Waals surface area contributed by atoms with Crippen LogP contribution < -0.4 is 0 Å². The van der Waals surface area contributed by atoms with Crippen molar-refractivity contribution in [1.29, 1.82) is 0 Å². The second kappa shape index (κ2) is 7.19. The minimum atomic E-state index is -0.970. The Bertz CT molecular complexity index is 639. The Labute approximate surface area is 133 Å². The number of thioether (sulfide) groups is 1. The maximum Gasteiger partial charge on any atom is 0.313 e. The van der Waals surface area contributed by atoms with E-state index in [1.165, 1.54) is 11.3 Å². The van der Waals surface area contributed by atoms with Crippen molar-refractivity contribution in [3.05, 3.63) is 17.5 Å². The SMILES string of the molecule is CC(Cn1c(SCC(=O)O)nnc1-c1cccs1)S(C)=O. The summed E-state index contributed by atoms with van der Waals surface area (Å²) in [7, 11) is -0.970. The summed E-state index contributed by atoms with van der Waals surface area (Å²) in [6, 6.07) is 3.86. The molecule has 0 fully saturated rings. The first-order valence-electron chi connectivity index (χ1n) is 6.13. The average Bonchev–Trinajstić information content (AvgIpc) is 3.05. The summed E-state index contributed by atoms with van der Waals surface area (Å²) in [6.07, 6.45) is 1.66. The van der Waals surface area contributed by atoms with Crippen molar-refractivity contribution < 1.29 is 14.1 Å². The lowest BCUT2D eigenvalue weighted by Gasteiger charge is -2.13. The first-order valence-corrected chi connectivity index (χ1v) is 9.61. The number of carboxylic acids is 1. The Kier molecular flexibility index (Phi) is 5.54. The highest BCUT2D eigenvalue weighted by Gasteiger charge is 2.19. The molecule has 0 aliphatic carbocycles. The zero-order valence-electron chi connectivity index (χ0n) is 11.6. The first kappa shape index (κ1) is 16.2. The van der Waals surface area contributed by atoms with Crippen molar-refractivity contribution in [2.45, 2.75) is 23.9 Å². The van der Waals surface area contributed by atoms with Gasteiger partial charge in [-0.25, -0.2) is 0 Å². The van der Waals surface area contributed by atoms with Crippen LogP contribution in [-0.2, 0) is 22.1 Å². The van der Waals surface area contributed by atoms with Gasteiger partial charge in [0.15, 0.2) is 11.0 Å². The van der Waals surface area contributed by atoms with Crippen LogP contribution >= 0.6 is 23.1 Å². The van der Waals surface area contributed by atoms with Gasteiger partial charge in [0.05, 0.1) is 10.6 Å². The van der Waals surface area contributed by atoms with Crippen LogP contribution in [0.5, 0.6) is 0 Å². The highest BCUT2D eigenvalue weighted by molar-refractivity contribution is 7.99. The highest BCUT2D eigenvalue weighted by Crippen LogP contribution is 2.27. The van der Waals surface area contributed by atoms with E-state index in [1.807, 2.05) is 29.0 Å². The smallest absolute Gasteiger partial charge is 0.313 e. The normalized spacial score (nSPS) is 14.0. The quantitative estimate of drug-likeness (QED) is 0.772. The average molecular weight is 345 g/mol. The third kappa shape index (κ3) is 4.14. The summed E-state index contributed by atoms with van der Waals surface area (Å²) in [5.74, 6) is -0.291. The molecule has 0 saturated heterocycles. The van der Waals surface area contributed by atoms with Gasteiger partial charge in [0.25, 0.3) is 0 Å². The summed E-state index contributed by atoms with van der Waals surface area (Å²) in [4.78, 5) is 11.7. The van der Waals surface area contributed by atoms with Crippen LogP contribution in [0, 0.1) is 0 Å². The van der Waals surface area contributed by atoms with E-state index in [4.69, 9.17) is 5.11 Å². The number of nitrogens with zero attached hydrogens (tertiary/aromatic N) is 3. The Balaban J connectivity index is 2.32. The molecule has 0 spiro atoms. The van der Waals surface area contributed by atoms with Gasteiger partial charge in [0.1, 0.15) is 0 Å². The van der Waals surface area contributed by atoms with E-state index in [9.17, 15) is 9.00 Å². The minimum Gasteiger partial charge on any atom is -0.481 e. The largest absolute Gasteiger partial charge is 0.481 e. The van der Waals surface area contributed by atoms with E-state index in [0.717, 1.165) is 16.6 Å². The molecule has 2 rings (SSSR count). The summed E-state index contributed by atoms with van der Waals surface area (Å²) in [5, 5.41) is 19.5. The topological polar surface area (TPSA) is 85.1 Å². The van der Waals surface area contributed by atoms with Gasteiger partial charge in [0, 0.05) is 28.9 Å². The predicted octanol–water partition coefficient (Wildman–Crippen LogP) is 1.95. The van der Waals surface area contributed by atoms with Gasteiger partial charge in [-0.1, -0.05) is 17.8 Å². The minimum absolute atomic E-state index is 0.0658. The lowest BCUT2D eigenvalue weighted by molar-refractivity contribution is -0.133. The molecule has 114 valence electrons. The number of rotatable bonds is 7. The van der Waals surface area contributed by atoms with Crippen LogP contribution in [0.2, 0.25) is 0 Å². The number of carboxylic acid groups (broad SMARTS) is 1. The zero-order chi connectivity index (χ0) is 15.4. The van der Waals surface area contributed by atoms with Crippen molar-refractivity contribution >= 4 is 39.9 Å². The number of carbonyl (C=O) groups is 1. The Morgan fingerprint density at radius 2 is 2.33 bits per heavy atom. The molecular formula is C12H15N3O3S3. The first-order chi connectivity index (χ1) is 9.99. The van der Waals surface area contributed by atoms with Gasteiger partial charge >= 0.3 is 5.97 Å². The van der Waals surface area contributed by atoms with E-state index in [1.54, 1.807) is 6.26 Å². The van der Waals surface area contributed by atoms with Crippen LogP contribution in [0.4, 0.5) is 0 Å². The van der Waals surface area contributed by atoms with E-state index in [2.05, 4.69) is 10.2 Å². The molecule has 9 heteroatoms. The Morgan fingerprint density at radius 1 is 1.57 bits per heavy atom. The predicted molar refractivity (Wildman–Crippen MR) is 85.2 cm³/mol. The fourth-order valence-corrected chi connectivity index (χ4v) is 3.38. The molecule has 0 aliphatic rings. The van der Waals surface area contributed by atoms with Gasteiger partial charge < -0.3 is 9.67 Å². The number of aromatic nitrogens is 3. The second-order valence-corrected chi connectivity index (χ2v) is 8.08. The monoisotopic (exact) mass is 345 g/mol.